The number of rotatable bonds is 4. The molecule has 0 unspecified atom stereocenters. The Morgan fingerprint density at radius 3 is 2.25 bits per heavy atom. The van der Waals surface area contributed by atoms with Gasteiger partial charge in [0, 0.05) is 33.3 Å². The Labute approximate surface area is 74.5 Å². The van der Waals surface area contributed by atoms with Gasteiger partial charge in [-0.1, -0.05) is 6.92 Å². The highest BCUT2D eigenvalue weighted by molar-refractivity contribution is 5.88. The first-order chi connectivity index (χ1) is 5.61. The van der Waals surface area contributed by atoms with Gasteiger partial charge in [0.25, 0.3) is 0 Å². The maximum absolute atomic E-state index is 11.2. The highest BCUT2D eigenvalue weighted by atomic mass is 16.2. The van der Waals surface area contributed by atoms with Crippen LogP contribution >= 0.6 is 0 Å². The number of carbonyl (C=O) groups is 1. The third kappa shape index (κ3) is 4.11. The van der Waals surface area contributed by atoms with Gasteiger partial charge in [0.1, 0.15) is 0 Å². The molecule has 0 aliphatic rings. The summed E-state index contributed by atoms with van der Waals surface area (Å²) in [5.74, 6) is 0.171. The number of aliphatic imine (C=N–C) groups is 1. The van der Waals surface area contributed by atoms with E-state index in [1.165, 1.54) is 0 Å². The Hall–Kier alpha value is -0.860. The monoisotopic (exact) mass is 170 g/mol. The number of nitrogens with zero attached hydrogens (tertiary/aromatic N) is 2. The van der Waals surface area contributed by atoms with Crippen LogP contribution in [0.2, 0.25) is 0 Å². The van der Waals surface area contributed by atoms with Gasteiger partial charge < -0.3 is 4.90 Å². The molecule has 0 bridgehead atoms. The lowest BCUT2D eigenvalue weighted by Gasteiger charge is -2.09. The first-order valence-corrected chi connectivity index (χ1v) is 4.26. The summed E-state index contributed by atoms with van der Waals surface area (Å²) in [6.07, 6.45) is 2.31. The predicted molar refractivity (Wildman–Crippen MR) is 51.6 cm³/mol. The van der Waals surface area contributed by atoms with Crippen LogP contribution in [0.25, 0.3) is 0 Å². The summed E-state index contributed by atoms with van der Waals surface area (Å²) in [6.45, 7) is 2.06. The number of hydrogen-bond acceptors (Lipinski definition) is 2. The quantitative estimate of drug-likeness (QED) is 0.586. The number of carbonyl (C=O) groups excluding carboxylic acids is 1. The number of hydrogen-bond donors (Lipinski definition) is 0. The van der Waals surface area contributed by atoms with E-state index in [2.05, 4.69) is 11.9 Å². The van der Waals surface area contributed by atoms with Gasteiger partial charge in [0.05, 0.1) is 0 Å². The smallest absolute Gasteiger partial charge is 0.222 e. The maximum Gasteiger partial charge on any atom is 0.222 e. The lowest BCUT2D eigenvalue weighted by Crippen LogP contribution is -2.22. The molecule has 0 spiro atoms. The average molecular weight is 170 g/mol. The van der Waals surface area contributed by atoms with Crippen molar-refractivity contribution in [1.29, 1.82) is 0 Å². The lowest BCUT2D eigenvalue weighted by atomic mass is 10.1. The van der Waals surface area contributed by atoms with Crippen molar-refractivity contribution < 1.29 is 4.79 Å². The first kappa shape index (κ1) is 11.1. The van der Waals surface area contributed by atoms with Gasteiger partial charge in [-0.2, -0.15) is 0 Å². The molecule has 0 N–H and O–H groups in total. The van der Waals surface area contributed by atoms with Crippen LogP contribution in [0.3, 0.4) is 0 Å². The molecule has 0 aliphatic carbocycles. The van der Waals surface area contributed by atoms with Crippen LogP contribution in [-0.4, -0.2) is 37.7 Å². The Morgan fingerprint density at radius 1 is 1.33 bits per heavy atom. The number of amides is 1. The topological polar surface area (TPSA) is 32.7 Å². The molecule has 0 aromatic heterocycles. The van der Waals surface area contributed by atoms with Crippen molar-refractivity contribution in [2.75, 3.05) is 21.1 Å². The van der Waals surface area contributed by atoms with E-state index in [-0.39, 0.29) is 5.91 Å². The zero-order chi connectivity index (χ0) is 9.56. The van der Waals surface area contributed by atoms with Crippen LogP contribution in [-0.2, 0) is 4.79 Å². The second-order valence-corrected chi connectivity index (χ2v) is 2.93. The molecule has 0 aromatic rings. The highest BCUT2D eigenvalue weighted by Gasteiger charge is 2.04. The standard InChI is InChI=1S/C9H18N2O/c1-5-8(10-2)6-7-9(12)11(3)4/h5-7H2,1-4H3. The first-order valence-electron chi connectivity index (χ1n) is 4.26. The molecule has 12 heavy (non-hydrogen) atoms. The molecule has 0 fully saturated rings. The summed E-state index contributed by atoms with van der Waals surface area (Å²) < 4.78 is 0. The molecule has 0 radical (unpaired) electrons. The van der Waals surface area contributed by atoms with Crippen LogP contribution in [0.5, 0.6) is 0 Å². The molecule has 0 saturated carbocycles. The third-order valence-electron chi connectivity index (χ3n) is 1.85. The van der Waals surface area contributed by atoms with Crippen molar-refractivity contribution in [2.45, 2.75) is 26.2 Å². The van der Waals surface area contributed by atoms with E-state index in [1.54, 1.807) is 26.0 Å². The molecule has 70 valence electrons. The van der Waals surface area contributed by atoms with Gasteiger partial charge in [0.15, 0.2) is 0 Å². The van der Waals surface area contributed by atoms with Crippen LogP contribution in [0, 0.1) is 0 Å². The van der Waals surface area contributed by atoms with Crippen molar-refractivity contribution in [2.24, 2.45) is 4.99 Å². The van der Waals surface area contributed by atoms with Crippen molar-refractivity contribution in [3.63, 3.8) is 0 Å². The van der Waals surface area contributed by atoms with Gasteiger partial charge in [-0.15, -0.1) is 0 Å². The highest BCUT2D eigenvalue weighted by Crippen LogP contribution is 1.99. The summed E-state index contributed by atoms with van der Waals surface area (Å²) in [5.41, 5.74) is 1.12. The predicted octanol–water partition coefficient (Wildman–Crippen LogP) is 1.34. The zero-order valence-electron chi connectivity index (χ0n) is 8.42. The lowest BCUT2D eigenvalue weighted by molar-refractivity contribution is -0.128. The minimum atomic E-state index is 0.171. The maximum atomic E-state index is 11.2. The van der Waals surface area contributed by atoms with Crippen LogP contribution < -0.4 is 0 Å². The van der Waals surface area contributed by atoms with E-state index in [1.807, 2.05) is 0 Å². The molecule has 0 saturated heterocycles. The zero-order valence-corrected chi connectivity index (χ0v) is 8.42. The third-order valence-corrected chi connectivity index (χ3v) is 1.85. The summed E-state index contributed by atoms with van der Waals surface area (Å²) in [5, 5.41) is 0. The van der Waals surface area contributed by atoms with Crippen molar-refractivity contribution in [1.82, 2.24) is 4.90 Å². The summed E-state index contributed by atoms with van der Waals surface area (Å²) in [4.78, 5) is 16.8. The Balaban J connectivity index is 3.75. The minimum absolute atomic E-state index is 0.171. The largest absolute Gasteiger partial charge is 0.349 e. The van der Waals surface area contributed by atoms with E-state index in [4.69, 9.17) is 0 Å². The Bertz CT molecular complexity index is 173. The molecule has 3 nitrogen and oxygen atoms in total. The second-order valence-electron chi connectivity index (χ2n) is 2.93. The van der Waals surface area contributed by atoms with E-state index in [0.717, 1.165) is 18.6 Å². The molecule has 0 heterocycles. The molecular weight excluding hydrogens is 152 g/mol. The van der Waals surface area contributed by atoms with E-state index in [9.17, 15) is 4.79 Å². The van der Waals surface area contributed by atoms with Crippen LogP contribution in [0.1, 0.15) is 26.2 Å². The van der Waals surface area contributed by atoms with Gasteiger partial charge >= 0.3 is 0 Å². The van der Waals surface area contributed by atoms with Crippen LogP contribution in [0.15, 0.2) is 4.99 Å². The molecular formula is C9H18N2O. The van der Waals surface area contributed by atoms with Gasteiger partial charge in [-0.05, 0) is 12.8 Å². The fraction of sp³-hybridized carbons (Fsp3) is 0.778. The van der Waals surface area contributed by atoms with Crippen molar-refractivity contribution in [3.05, 3.63) is 0 Å². The van der Waals surface area contributed by atoms with Gasteiger partial charge in [-0.3, -0.25) is 9.79 Å². The summed E-state index contributed by atoms with van der Waals surface area (Å²) in [7, 11) is 5.33. The second kappa shape index (κ2) is 5.75. The average Bonchev–Trinajstić information content (AvgIpc) is 2.05. The molecule has 0 atom stereocenters. The molecule has 1 amide bonds. The van der Waals surface area contributed by atoms with E-state index >= 15 is 0 Å². The van der Waals surface area contributed by atoms with Crippen molar-refractivity contribution in [3.8, 4) is 0 Å². The Morgan fingerprint density at radius 2 is 1.92 bits per heavy atom. The fourth-order valence-electron chi connectivity index (χ4n) is 0.922. The molecule has 3 heteroatoms. The van der Waals surface area contributed by atoms with Crippen LogP contribution in [0.4, 0.5) is 0 Å². The molecule has 0 aromatic carbocycles. The molecule has 0 aliphatic heterocycles. The van der Waals surface area contributed by atoms with E-state index < -0.39 is 0 Å². The SMILES string of the molecule is CCC(CCC(=O)N(C)C)=NC. The van der Waals surface area contributed by atoms with Gasteiger partial charge in [0.2, 0.25) is 5.91 Å². The van der Waals surface area contributed by atoms with Gasteiger partial charge in [-0.25, -0.2) is 0 Å². The minimum Gasteiger partial charge on any atom is -0.349 e. The van der Waals surface area contributed by atoms with Crippen molar-refractivity contribution >= 4 is 11.6 Å². The Kier molecular flexibility index (Phi) is 5.34. The van der Waals surface area contributed by atoms with E-state index in [0.29, 0.717) is 6.42 Å². The molecule has 0 rings (SSSR count). The normalized spacial score (nSPS) is 11.5. The summed E-state index contributed by atoms with van der Waals surface area (Å²) >= 11 is 0. The summed E-state index contributed by atoms with van der Waals surface area (Å²) in [6, 6.07) is 0. The fourth-order valence-corrected chi connectivity index (χ4v) is 0.922.